The van der Waals surface area contributed by atoms with E-state index in [4.69, 9.17) is 9.52 Å². The number of hydrogen-bond acceptors (Lipinski definition) is 3. The molecule has 2 rings (SSSR count). The molecule has 0 spiro atoms. The lowest BCUT2D eigenvalue weighted by atomic mass is 10.1. The lowest BCUT2D eigenvalue weighted by Crippen LogP contribution is -1.98. The van der Waals surface area contributed by atoms with Gasteiger partial charge in [0, 0.05) is 5.56 Å². The molecule has 0 aliphatic heterocycles. The predicted octanol–water partition coefficient (Wildman–Crippen LogP) is 3.05. The highest BCUT2D eigenvalue weighted by Crippen LogP contribution is 2.24. The predicted molar refractivity (Wildman–Crippen MR) is 63.0 cm³/mol. The fourth-order valence-corrected chi connectivity index (χ4v) is 1.66. The van der Waals surface area contributed by atoms with Crippen molar-refractivity contribution in [2.45, 2.75) is 20.3 Å². The molecule has 0 saturated heterocycles. The van der Waals surface area contributed by atoms with E-state index in [9.17, 15) is 9.18 Å². The second-order valence-electron chi connectivity index (χ2n) is 3.92. The maximum absolute atomic E-state index is 13.1. The highest BCUT2D eigenvalue weighted by molar-refractivity contribution is 5.86. The molecular weight excluding hydrogens is 237 g/mol. The van der Waals surface area contributed by atoms with Crippen LogP contribution in [-0.4, -0.2) is 16.1 Å². The third kappa shape index (κ3) is 2.11. The molecule has 0 fully saturated rings. The number of aromatic nitrogens is 1. The first-order valence-electron chi connectivity index (χ1n) is 5.52. The van der Waals surface area contributed by atoms with Crippen LogP contribution in [0.3, 0.4) is 0 Å². The van der Waals surface area contributed by atoms with E-state index in [1.807, 2.05) is 0 Å². The Balaban J connectivity index is 2.50. The maximum atomic E-state index is 13.1. The minimum atomic E-state index is -1.15. The SMILES string of the molecule is CCc1nc(-c2ccc(F)c(C)c2)oc1C(=O)O. The Bertz CT molecular complexity index is 604. The lowest BCUT2D eigenvalue weighted by Gasteiger charge is -1.98. The molecule has 1 aromatic carbocycles. The summed E-state index contributed by atoms with van der Waals surface area (Å²) < 4.78 is 18.4. The number of carboxylic acids is 1. The molecule has 0 radical (unpaired) electrons. The molecule has 1 N–H and O–H groups in total. The van der Waals surface area contributed by atoms with Crippen LogP contribution in [0.15, 0.2) is 22.6 Å². The van der Waals surface area contributed by atoms with E-state index in [-0.39, 0.29) is 17.5 Å². The number of carboxylic acid groups (broad SMARTS) is 1. The molecule has 5 heteroatoms. The van der Waals surface area contributed by atoms with Gasteiger partial charge in [-0.15, -0.1) is 0 Å². The molecule has 0 aliphatic carbocycles. The Morgan fingerprint density at radius 3 is 2.72 bits per heavy atom. The third-order valence-electron chi connectivity index (χ3n) is 2.63. The normalized spacial score (nSPS) is 10.6. The number of halogens is 1. The Kier molecular flexibility index (Phi) is 3.14. The zero-order chi connectivity index (χ0) is 13.3. The molecule has 4 nitrogen and oxygen atoms in total. The van der Waals surface area contributed by atoms with Crippen molar-refractivity contribution < 1.29 is 18.7 Å². The van der Waals surface area contributed by atoms with Crippen molar-refractivity contribution in [2.75, 3.05) is 0 Å². The van der Waals surface area contributed by atoms with Gasteiger partial charge in [-0.25, -0.2) is 14.2 Å². The van der Waals surface area contributed by atoms with Crippen molar-refractivity contribution in [3.63, 3.8) is 0 Å². The number of rotatable bonds is 3. The first-order valence-corrected chi connectivity index (χ1v) is 5.52. The molecule has 1 heterocycles. The Hall–Kier alpha value is -2.17. The van der Waals surface area contributed by atoms with E-state index in [1.165, 1.54) is 12.1 Å². The van der Waals surface area contributed by atoms with E-state index in [2.05, 4.69) is 4.98 Å². The van der Waals surface area contributed by atoms with Gasteiger partial charge in [-0.3, -0.25) is 0 Å². The summed E-state index contributed by atoms with van der Waals surface area (Å²) in [5.41, 5.74) is 1.41. The van der Waals surface area contributed by atoms with E-state index >= 15 is 0 Å². The molecule has 0 saturated carbocycles. The quantitative estimate of drug-likeness (QED) is 0.908. The molecule has 1 aromatic heterocycles. The van der Waals surface area contributed by atoms with Crippen LogP contribution in [0.2, 0.25) is 0 Å². The molecule has 0 amide bonds. The second-order valence-corrected chi connectivity index (χ2v) is 3.92. The van der Waals surface area contributed by atoms with Crippen molar-refractivity contribution in [3.05, 3.63) is 41.0 Å². The maximum Gasteiger partial charge on any atom is 0.373 e. The topological polar surface area (TPSA) is 63.3 Å². The zero-order valence-corrected chi connectivity index (χ0v) is 10.0. The third-order valence-corrected chi connectivity index (χ3v) is 2.63. The summed E-state index contributed by atoms with van der Waals surface area (Å²) in [4.78, 5) is 15.1. The summed E-state index contributed by atoms with van der Waals surface area (Å²) in [7, 11) is 0. The van der Waals surface area contributed by atoms with Gasteiger partial charge >= 0.3 is 5.97 Å². The number of oxazole rings is 1. The van der Waals surface area contributed by atoms with Crippen molar-refractivity contribution >= 4 is 5.97 Å². The van der Waals surface area contributed by atoms with Gasteiger partial charge in [0.2, 0.25) is 11.7 Å². The van der Waals surface area contributed by atoms with E-state index in [0.717, 1.165) is 0 Å². The van der Waals surface area contributed by atoms with Crippen LogP contribution in [0.5, 0.6) is 0 Å². The molecular formula is C13H12FNO3. The van der Waals surface area contributed by atoms with Crippen LogP contribution >= 0.6 is 0 Å². The van der Waals surface area contributed by atoms with E-state index in [0.29, 0.717) is 23.2 Å². The number of carbonyl (C=O) groups is 1. The second kappa shape index (κ2) is 4.60. The lowest BCUT2D eigenvalue weighted by molar-refractivity contribution is 0.0662. The van der Waals surface area contributed by atoms with Crippen LogP contribution in [0.4, 0.5) is 4.39 Å². The minimum absolute atomic E-state index is 0.158. The summed E-state index contributed by atoms with van der Waals surface area (Å²) in [6.07, 6.45) is 0.464. The highest BCUT2D eigenvalue weighted by Gasteiger charge is 2.19. The Morgan fingerprint density at radius 1 is 1.50 bits per heavy atom. The molecule has 0 aliphatic rings. The fraction of sp³-hybridized carbons (Fsp3) is 0.231. The number of aromatic carboxylic acids is 1. The standard InChI is InChI=1S/C13H12FNO3/c1-3-10-11(13(16)17)18-12(15-10)8-4-5-9(14)7(2)6-8/h4-6H,3H2,1-2H3,(H,16,17). The number of nitrogens with zero attached hydrogens (tertiary/aromatic N) is 1. The van der Waals surface area contributed by atoms with Crippen LogP contribution in [0.1, 0.15) is 28.7 Å². The van der Waals surface area contributed by atoms with E-state index in [1.54, 1.807) is 19.9 Å². The van der Waals surface area contributed by atoms with Crippen molar-refractivity contribution in [1.82, 2.24) is 4.98 Å². The van der Waals surface area contributed by atoms with Gasteiger partial charge < -0.3 is 9.52 Å². The van der Waals surface area contributed by atoms with Crippen molar-refractivity contribution in [3.8, 4) is 11.5 Å². The minimum Gasteiger partial charge on any atom is -0.475 e. The first-order chi connectivity index (χ1) is 8.52. The molecule has 0 unspecified atom stereocenters. The van der Waals surface area contributed by atoms with Gasteiger partial charge in [0.25, 0.3) is 0 Å². The molecule has 18 heavy (non-hydrogen) atoms. The van der Waals surface area contributed by atoms with Gasteiger partial charge in [-0.2, -0.15) is 0 Å². The molecule has 0 atom stereocenters. The monoisotopic (exact) mass is 249 g/mol. The summed E-state index contributed by atoms with van der Waals surface area (Å²) in [6, 6.07) is 4.40. The summed E-state index contributed by atoms with van der Waals surface area (Å²) in [6.45, 7) is 3.42. The van der Waals surface area contributed by atoms with Crippen molar-refractivity contribution in [2.24, 2.45) is 0 Å². The smallest absolute Gasteiger partial charge is 0.373 e. The average Bonchev–Trinajstić information content (AvgIpc) is 2.77. The van der Waals surface area contributed by atoms with E-state index < -0.39 is 5.97 Å². The van der Waals surface area contributed by atoms with Crippen LogP contribution in [0.25, 0.3) is 11.5 Å². The zero-order valence-electron chi connectivity index (χ0n) is 10.0. The van der Waals surface area contributed by atoms with Gasteiger partial charge in [-0.05, 0) is 37.1 Å². The van der Waals surface area contributed by atoms with Crippen molar-refractivity contribution in [1.29, 1.82) is 0 Å². The van der Waals surface area contributed by atoms with Crippen LogP contribution in [0, 0.1) is 12.7 Å². The summed E-state index contributed by atoms with van der Waals surface area (Å²) >= 11 is 0. The largest absolute Gasteiger partial charge is 0.475 e. The highest BCUT2D eigenvalue weighted by atomic mass is 19.1. The Morgan fingerprint density at radius 2 is 2.22 bits per heavy atom. The summed E-state index contributed by atoms with van der Waals surface area (Å²) in [5.74, 6) is -1.43. The van der Waals surface area contributed by atoms with Crippen LogP contribution < -0.4 is 0 Å². The average molecular weight is 249 g/mol. The van der Waals surface area contributed by atoms with Crippen LogP contribution in [-0.2, 0) is 6.42 Å². The molecule has 2 aromatic rings. The van der Waals surface area contributed by atoms with Gasteiger partial charge in [0.15, 0.2) is 0 Å². The molecule has 0 bridgehead atoms. The van der Waals surface area contributed by atoms with Gasteiger partial charge in [-0.1, -0.05) is 6.92 Å². The fourth-order valence-electron chi connectivity index (χ4n) is 1.66. The Labute approximate surface area is 103 Å². The number of aryl methyl sites for hydroxylation is 2. The van der Waals surface area contributed by atoms with Gasteiger partial charge in [0.05, 0.1) is 5.69 Å². The number of hydrogen-bond donors (Lipinski definition) is 1. The molecule has 94 valence electrons. The number of benzene rings is 1. The summed E-state index contributed by atoms with van der Waals surface area (Å²) in [5, 5.41) is 8.96. The first kappa shape index (κ1) is 12.3. The van der Waals surface area contributed by atoms with Gasteiger partial charge in [0.1, 0.15) is 5.82 Å².